The van der Waals surface area contributed by atoms with Crippen LogP contribution < -0.4 is 11.3 Å². The molecule has 2 rings (SSSR count). The molecule has 2 aromatic rings. The first-order valence-corrected chi connectivity index (χ1v) is 7.06. The average molecular weight is 312 g/mol. The van der Waals surface area contributed by atoms with Crippen LogP contribution in [0.15, 0.2) is 40.4 Å². The molecule has 0 radical (unpaired) electrons. The molecule has 90 valence electrons. The molecule has 2 heterocycles. The summed E-state index contributed by atoms with van der Waals surface area (Å²) in [5.41, 5.74) is 4.11. The number of aryl methyl sites for hydroxylation is 1. The number of nitrogens with zero attached hydrogens (tertiary/aromatic N) is 1. The van der Waals surface area contributed by atoms with Gasteiger partial charge in [-0.2, -0.15) is 0 Å². The third-order valence-corrected chi connectivity index (χ3v) is 4.59. The van der Waals surface area contributed by atoms with Gasteiger partial charge in [0, 0.05) is 21.7 Å². The molecule has 0 aromatic carbocycles. The van der Waals surface area contributed by atoms with E-state index in [1.807, 2.05) is 12.3 Å². The van der Waals surface area contributed by atoms with E-state index in [-0.39, 0.29) is 6.04 Å². The van der Waals surface area contributed by atoms with E-state index < -0.39 is 0 Å². The highest BCUT2D eigenvalue weighted by Gasteiger charge is 2.14. The summed E-state index contributed by atoms with van der Waals surface area (Å²) in [6, 6.07) is 6.28. The van der Waals surface area contributed by atoms with Gasteiger partial charge < -0.3 is 0 Å². The molecule has 0 aliphatic heterocycles. The Bertz CT molecular complexity index is 458. The summed E-state index contributed by atoms with van der Waals surface area (Å²) in [6.07, 6.45) is 5.61. The fraction of sp³-hybridized carbons (Fsp3) is 0.250. The lowest BCUT2D eigenvalue weighted by molar-refractivity contribution is 0.522. The quantitative estimate of drug-likeness (QED) is 0.659. The molecule has 0 saturated carbocycles. The Kier molecular flexibility index (Phi) is 4.67. The van der Waals surface area contributed by atoms with Gasteiger partial charge in [-0.25, -0.2) is 0 Å². The van der Waals surface area contributed by atoms with Crippen molar-refractivity contribution in [3.05, 3.63) is 50.9 Å². The Balaban J connectivity index is 2.00. The van der Waals surface area contributed by atoms with Crippen molar-refractivity contribution >= 4 is 27.3 Å². The first-order valence-electron chi connectivity index (χ1n) is 5.39. The van der Waals surface area contributed by atoms with Gasteiger partial charge in [0.25, 0.3) is 0 Å². The highest BCUT2D eigenvalue weighted by Crippen LogP contribution is 2.31. The molecule has 0 spiro atoms. The molecule has 5 heteroatoms. The molecule has 0 aliphatic carbocycles. The summed E-state index contributed by atoms with van der Waals surface area (Å²) in [5.74, 6) is 5.62. The molecule has 0 aliphatic rings. The maximum absolute atomic E-state index is 5.62. The first-order chi connectivity index (χ1) is 8.31. The molecule has 3 N–H and O–H groups in total. The maximum Gasteiger partial charge on any atom is 0.0567 e. The van der Waals surface area contributed by atoms with E-state index in [0.29, 0.717) is 0 Å². The smallest absolute Gasteiger partial charge is 0.0567 e. The number of nitrogens with two attached hydrogens (primary N) is 1. The van der Waals surface area contributed by atoms with Crippen molar-refractivity contribution in [3.8, 4) is 0 Å². The van der Waals surface area contributed by atoms with Crippen molar-refractivity contribution in [1.29, 1.82) is 0 Å². The van der Waals surface area contributed by atoms with Crippen LogP contribution in [0.4, 0.5) is 0 Å². The van der Waals surface area contributed by atoms with E-state index in [2.05, 4.69) is 43.9 Å². The molecule has 1 atom stereocenters. The summed E-state index contributed by atoms with van der Waals surface area (Å²) >= 11 is 5.25. The van der Waals surface area contributed by atoms with Crippen molar-refractivity contribution in [3.63, 3.8) is 0 Å². The number of hydrazine groups is 1. The van der Waals surface area contributed by atoms with Crippen LogP contribution in [0.5, 0.6) is 0 Å². The minimum absolute atomic E-state index is 0.185. The van der Waals surface area contributed by atoms with Gasteiger partial charge in [0.2, 0.25) is 0 Å². The molecular formula is C12H14BrN3S. The van der Waals surface area contributed by atoms with Gasteiger partial charge in [-0.3, -0.25) is 16.3 Å². The lowest BCUT2D eigenvalue weighted by atomic mass is 10.1. The Morgan fingerprint density at radius 2 is 2.35 bits per heavy atom. The summed E-state index contributed by atoms with van der Waals surface area (Å²) in [7, 11) is 0. The molecule has 0 saturated heterocycles. The number of nitrogens with one attached hydrogen (secondary N) is 1. The largest absolute Gasteiger partial charge is 0.271 e. The number of rotatable bonds is 5. The lowest BCUT2D eigenvalue weighted by Crippen LogP contribution is -2.28. The predicted octanol–water partition coefficient (Wildman–Crippen LogP) is 3.04. The summed E-state index contributed by atoms with van der Waals surface area (Å²) in [4.78, 5) is 5.36. The molecular weight excluding hydrogens is 298 g/mol. The zero-order chi connectivity index (χ0) is 12.1. The zero-order valence-corrected chi connectivity index (χ0v) is 11.7. The second-order valence-electron chi connectivity index (χ2n) is 3.75. The normalized spacial score (nSPS) is 12.6. The number of aromatic nitrogens is 1. The predicted molar refractivity (Wildman–Crippen MR) is 74.6 cm³/mol. The van der Waals surface area contributed by atoms with Crippen LogP contribution in [0.1, 0.15) is 22.9 Å². The minimum atomic E-state index is 0.185. The van der Waals surface area contributed by atoms with Crippen molar-refractivity contribution in [2.75, 3.05) is 0 Å². The topological polar surface area (TPSA) is 50.9 Å². The molecule has 0 bridgehead atoms. The van der Waals surface area contributed by atoms with Crippen LogP contribution in [-0.2, 0) is 6.42 Å². The number of hydrogen-bond acceptors (Lipinski definition) is 4. The van der Waals surface area contributed by atoms with Crippen molar-refractivity contribution < 1.29 is 0 Å². The monoisotopic (exact) mass is 311 g/mol. The van der Waals surface area contributed by atoms with Crippen LogP contribution >= 0.6 is 27.3 Å². The van der Waals surface area contributed by atoms with Gasteiger partial charge >= 0.3 is 0 Å². The van der Waals surface area contributed by atoms with Gasteiger partial charge in [0.15, 0.2) is 0 Å². The average Bonchev–Trinajstić information content (AvgIpc) is 2.78. The van der Waals surface area contributed by atoms with Gasteiger partial charge in [0.05, 0.1) is 6.04 Å². The standard InChI is InChI=1S/C12H14BrN3S/c13-10-5-7-17-12(10)11(16-14)4-3-9-2-1-6-15-8-9/h1-2,5-8,11,16H,3-4,14H2. The Morgan fingerprint density at radius 3 is 2.94 bits per heavy atom. The zero-order valence-electron chi connectivity index (χ0n) is 9.27. The van der Waals surface area contributed by atoms with Crippen LogP contribution in [0.3, 0.4) is 0 Å². The summed E-state index contributed by atoms with van der Waals surface area (Å²) in [5, 5.41) is 2.06. The van der Waals surface area contributed by atoms with Crippen LogP contribution in [0.25, 0.3) is 0 Å². The van der Waals surface area contributed by atoms with Gasteiger partial charge in [-0.1, -0.05) is 6.07 Å². The van der Waals surface area contributed by atoms with Crippen molar-refractivity contribution in [1.82, 2.24) is 10.4 Å². The van der Waals surface area contributed by atoms with E-state index in [9.17, 15) is 0 Å². The van der Waals surface area contributed by atoms with Gasteiger partial charge in [-0.05, 0) is 51.8 Å². The minimum Gasteiger partial charge on any atom is -0.271 e. The number of halogens is 1. The van der Waals surface area contributed by atoms with Gasteiger partial charge in [-0.15, -0.1) is 11.3 Å². The SMILES string of the molecule is NNC(CCc1cccnc1)c1sccc1Br. The van der Waals surface area contributed by atoms with E-state index >= 15 is 0 Å². The second kappa shape index (κ2) is 6.26. The summed E-state index contributed by atoms with van der Waals surface area (Å²) in [6.45, 7) is 0. The van der Waals surface area contributed by atoms with E-state index in [4.69, 9.17) is 5.84 Å². The lowest BCUT2D eigenvalue weighted by Gasteiger charge is -2.14. The first kappa shape index (κ1) is 12.7. The fourth-order valence-corrected chi connectivity index (χ4v) is 3.45. The van der Waals surface area contributed by atoms with Crippen LogP contribution in [0.2, 0.25) is 0 Å². The summed E-state index contributed by atoms with van der Waals surface area (Å²) < 4.78 is 1.12. The Morgan fingerprint density at radius 1 is 1.47 bits per heavy atom. The van der Waals surface area contributed by atoms with Gasteiger partial charge in [0.1, 0.15) is 0 Å². The third kappa shape index (κ3) is 3.35. The number of thiophene rings is 1. The molecule has 2 aromatic heterocycles. The fourth-order valence-electron chi connectivity index (χ4n) is 1.70. The third-order valence-electron chi connectivity index (χ3n) is 2.61. The molecule has 0 amide bonds. The van der Waals surface area contributed by atoms with E-state index in [0.717, 1.165) is 17.3 Å². The Hall–Kier alpha value is -0.750. The highest BCUT2D eigenvalue weighted by atomic mass is 79.9. The highest BCUT2D eigenvalue weighted by molar-refractivity contribution is 9.10. The van der Waals surface area contributed by atoms with Crippen LogP contribution in [-0.4, -0.2) is 4.98 Å². The second-order valence-corrected chi connectivity index (χ2v) is 5.55. The molecule has 0 fully saturated rings. The Labute approximate surface area is 113 Å². The van der Waals surface area contributed by atoms with E-state index in [1.54, 1.807) is 17.5 Å². The van der Waals surface area contributed by atoms with E-state index in [1.165, 1.54) is 10.4 Å². The van der Waals surface area contributed by atoms with Crippen molar-refractivity contribution in [2.24, 2.45) is 5.84 Å². The molecule has 17 heavy (non-hydrogen) atoms. The molecule has 3 nitrogen and oxygen atoms in total. The van der Waals surface area contributed by atoms with Crippen molar-refractivity contribution in [2.45, 2.75) is 18.9 Å². The number of pyridine rings is 1. The molecule has 1 unspecified atom stereocenters. The number of hydrogen-bond donors (Lipinski definition) is 2. The van der Waals surface area contributed by atoms with Crippen LogP contribution in [0, 0.1) is 0 Å². The maximum atomic E-state index is 5.62.